The Balaban J connectivity index is 3.35. The Morgan fingerprint density at radius 2 is 1.53 bits per heavy atom. The average Bonchev–Trinajstić information content (AvgIpc) is 2.16. The second-order valence-corrected chi connectivity index (χ2v) is 5.16. The molecule has 0 aliphatic rings. The summed E-state index contributed by atoms with van der Waals surface area (Å²) < 4.78 is 0. The van der Waals surface area contributed by atoms with Crippen molar-refractivity contribution in [2.75, 3.05) is 0 Å². The van der Waals surface area contributed by atoms with Crippen molar-refractivity contribution < 1.29 is 0 Å². The summed E-state index contributed by atoms with van der Waals surface area (Å²) in [6, 6.07) is 0. The van der Waals surface area contributed by atoms with E-state index < -0.39 is 0 Å². The molecule has 0 saturated heterocycles. The second kappa shape index (κ2) is 4.91. The van der Waals surface area contributed by atoms with Crippen LogP contribution in [0.25, 0.3) is 0 Å². The van der Waals surface area contributed by atoms with Gasteiger partial charge in [0.2, 0.25) is 0 Å². The van der Waals surface area contributed by atoms with Crippen molar-refractivity contribution in [1.29, 1.82) is 0 Å². The van der Waals surface area contributed by atoms with Crippen LogP contribution in [0.4, 0.5) is 0 Å². The van der Waals surface area contributed by atoms with Gasteiger partial charge >= 0.3 is 94.0 Å². The van der Waals surface area contributed by atoms with Crippen molar-refractivity contribution in [3.8, 4) is 0 Å². The van der Waals surface area contributed by atoms with Gasteiger partial charge in [-0.1, -0.05) is 0 Å². The van der Waals surface area contributed by atoms with Gasteiger partial charge in [0.05, 0.1) is 0 Å². The van der Waals surface area contributed by atoms with E-state index in [-0.39, 0.29) is 0 Å². The summed E-state index contributed by atoms with van der Waals surface area (Å²) in [5, 5.41) is 0. The molecule has 0 fully saturated rings. The van der Waals surface area contributed by atoms with Gasteiger partial charge in [0.25, 0.3) is 0 Å². The third kappa shape index (κ3) is 2.67. The van der Waals surface area contributed by atoms with Crippen LogP contribution in [0.5, 0.6) is 0 Å². The Morgan fingerprint density at radius 3 is 1.93 bits per heavy atom. The first-order valence-electron chi connectivity index (χ1n) is 5.93. The van der Waals surface area contributed by atoms with Crippen LogP contribution in [0.15, 0.2) is 5.96 Å². The number of hydrogen-bond donors (Lipinski definition) is 0. The van der Waals surface area contributed by atoms with Gasteiger partial charge in [-0.2, -0.15) is 0 Å². The van der Waals surface area contributed by atoms with Gasteiger partial charge in [0.15, 0.2) is 0 Å². The molecule has 2 heteroatoms. The first-order valence-corrected chi connectivity index (χ1v) is 5.93. The van der Waals surface area contributed by atoms with E-state index in [0.717, 1.165) is 0 Å². The molecule has 0 bridgehead atoms. The standard InChI is InChI=1S/C13H22BN/c1-8(2)11-7-14-15-13(10(5)6)12(11)9(3)4/h7-10H,1-6H3. The third-order valence-corrected chi connectivity index (χ3v) is 2.80. The van der Waals surface area contributed by atoms with Crippen molar-refractivity contribution in [3.05, 3.63) is 22.8 Å². The first-order chi connectivity index (χ1) is 6.95. The van der Waals surface area contributed by atoms with Crippen molar-refractivity contribution in [2.24, 2.45) is 0 Å². The molecule has 0 radical (unpaired) electrons. The zero-order valence-corrected chi connectivity index (χ0v) is 10.8. The van der Waals surface area contributed by atoms with Crippen LogP contribution in [0, 0.1) is 0 Å². The van der Waals surface area contributed by atoms with Crippen LogP contribution in [0.1, 0.15) is 76.1 Å². The summed E-state index contributed by atoms with van der Waals surface area (Å²) in [5.74, 6) is 3.84. The van der Waals surface area contributed by atoms with Crippen LogP contribution in [0.2, 0.25) is 0 Å². The van der Waals surface area contributed by atoms with E-state index in [9.17, 15) is 0 Å². The zero-order valence-electron chi connectivity index (χ0n) is 10.8. The van der Waals surface area contributed by atoms with Crippen LogP contribution in [0.3, 0.4) is 0 Å². The van der Waals surface area contributed by atoms with Crippen molar-refractivity contribution in [1.82, 2.24) is 4.89 Å². The monoisotopic (exact) mass is 203 g/mol. The van der Waals surface area contributed by atoms with Crippen LogP contribution < -0.4 is 0 Å². The Morgan fingerprint density at radius 1 is 0.933 bits per heavy atom. The fourth-order valence-corrected chi connectivity index (χ4v) is 2.10. The van der Waals surface area contributed by atoms with E-state index in [1.165, 1.54) is 16.8 Å². The van der Waals surface area contributed by atoms with Gasteiger partial charge in [-0.15, -0.1) is 0 Å². The number of aromatic nitrogens is 1. The molecule has 1 aromatic rings. The molecule has 0 amide bonds. The molecule has 1 aromatic heterocycles. The fourth-order valence-electron chi connectivity index (χ4n) is 2.10. The van der Waals surface area contributed by atoms with E-state index in [1.807, 2.05) is 7.05 Å². The van der Waals surface area contributed by atoms with Crippen molar-refractivity contribution in [3.63, 3.8) is 0 Å². The molecule has 1 nitrogen and oxygen atoms in total. The van der Waals surface area contributed by atoms with Crippen LogP contribution in [-0.4, -0.2) is 11.9 Å². The molecule has 15 heavy (non-hydrogen) atoms. The van der Waals surface area contributed by atoms with Gasteiger partial charge in [0.1, 0.15) is 0 Å². The molecule has 0 saturated carbocycles. The number of nitrogens with zero attached hydrogens (tertiary/aromatic N) is 1. The molecule has 0 aromatic carbocycles. The van der Waals surface area contributed by atoms with E-state index >= 15 is 0 Å². The quantitative estimate of drug-likeness (QED) is 0.728. The number of rotatable bonds is 3. The molecule has 82 valence electrons. The predicted octanol–water partition coefficient (Wildman–Crippen LogP) is 3.79. The summed E-state index contributed by atoms with van der Waals surface area (Å²) >= 11 is 0. The molecular formula is C13H22BN. The molecule has 1 heterocycles. The average molecular weight is 203 g/mol. The van der Waals surface area contributed by atoms with E-state index in [1.54, 1.807) is 0 Å². The molecule has 0 aliphatic carbocycles. The third-order valence-electron chi connectivity index (χ3n) is 2.80. The summed E-state index contributed by atoms with van der Waals surface area (Å²) in [6.07, 6.45) is 0. The Hall–Kier alpha value is -0.655. The van der Waals surface area contributed by atoms with E-state index in [4.69, 9.17) is 0 Å². The van der Waals surface area contributed by atoms with Crippen molar-refractivity contribution in [2.45, 2.75) is 59.3 Å². The molecular weight excluding hydrogens is 181 g/mol. The minimum atomic E-state index is 0.515. The molecule has 0 N–H and O–H groups in total. The summed E-state index contributed by atoms with van der Waals surface area (Å²) in [5.41, 5.74) is 4.20. The van der Waals surface area contributed by atoms with E-state index in [0.29, 0.717) is 17.8 Å². The topological polar surface area (TPSA) is 12.9 Å². The molecule has 0 atom stereocenters. The molecule has 0 spiro atoms. The minimum absolute atomic E-state index is 0.515. The molecule has 0 aliphatic heterocycles. The fraction of sp³-hybridized carbons (Fsp3) is 0.692. The van der Waals surface area contributed by atoms with Gasteiger partial charge in [-0.25, -0.2) is 0 Å². The van der Waals surface area contributed by atoms with Crippen LogP contribution in [-0.2, 0) is 0 Å². The second-order valence-electron chi connectivity index (χ2n) is 5.16. The SMILES string of the molecule is CC(C)c1cbnc(C(C)C)c1C(C)C. The molecule has 1 rings (SSSR count). The normalized spacial score (nSPS) is 11.5. The Bertz CT molecular complexity index is 303. The summed E-state index contributed by atoms with van der Waals surface area (Å²) in [6.45, 7) is 13.5. The summed E-state index contributed by atoms with van der Waals surface area (Å²) in [7, 11) is 1.95. The maximum atomic E-state index is 4.54. The Kier molecular flexibility index (Phi) is 4.07. The zero-order chi connectivity index (χ0) is 11.6. The Labute approximate surface area is 94.6 Å². The van der Waals surface area contributed by atoms with Gasteiger partial charge in [0, 0.05) is 0 Å². The molecule has 0 unspecified atom stereocenters. The van der Waals surface area contributed by atoms with E-state index in [2.05, 4.69) is 52.4 Å². The number of hydrogen-bond acceptors (Lipinski definition) is 1. The predicted molar refractivity (Wildman–Crippen MR) is 67.9 cm³/mol. The maximum absolute atomic E-state index is 4.54. The van der Waals surface area contributed by atoms with Crippen LogP contribution >= 0.6 is 0 Å². The summed E-state index contributed by atoms with van der Waals surface area (Å²) in [4.78, 5) is 4.54. The van der Waals surface area contributed by atoms with Gasteiger partial charge in [-0.3, -0.25) is 0 Å². The van der Waals surface area contributed by atoms with Gasteiger partial charge < -0.3 is 0 Å². The van der Waals surface area contributed by atoms with Gasteiger partial charge in [-0.05, 0) is 0 Å². The first kappa shape index (κ1) is 12.4. The van der Waals surface area contributed by atoms with Crippen molar-refractivity contribution >= 4 is 7.05 Å².